The van der Waals surface area contributed by atoms with Crippen molar-refractivity contribution in [2.75, 3.05) is 19.6 Å². The van der Waals surface area contributed by atoms with Gasteiger partial charge < -0.3 is 10.2 Å². The van der Waals surface area contributed by atoms with Gasteiger partial charge in [0.25, 0.3) is 0 Å². The molecule has 0 bridgehead atoms. The van der Waals surface area contributed by atoms with Gasteiger partial charge in [-0.2, -0.15) is 0 Å². The van der Waals surface area contributed by atoms with Gasteiger partial charge in [-0.05, 0) is 25.7 Å². The highest BCUT2D eigenvalue weighted by molar-refractivity contribution is 5.83. The van der Waals surface area contributed by atoms with Crippen molar-refractivity contribution >= 4 is 11.8 Å². The smallest absolute Gasteiger partial charge is 0.227 e. The van der Waals surface area contributed by atoms with Gasteiger partial charge in [0.2, 0.25) is 11.8 Å². The van der Waals surface area contributed by atoms with Crippen LogP contribution in [0.4, 0.5) is 0 Å². The van der Waals surface area contributed by atoms with Crippen molar-refractivity contribution < 1.29 is 9.59 Å². The van der Waals surface area contributed by atoms with Crippen LogP contribution in [0.2, 0.25) is 0 Å². The first-order chi connectivity index (χ1) is 10.7. The summed E-state index contributed by atoms with van der Waals surface area (Å²) in [7, 11) is 0. The van der Waals surface area contributed by atoms with Gasteiger partial charge in [-0.1, -0.05) is 5.21 Å². The number of likely N-dealkylation sites (tertiary alicyclic amines) is 1. The fraction of sp³-hybridized carbons (Fsp3) is 0.733. The lowest BCUT2D eigenvalue weighted by Gasteiger charge is -2.26. The molecule has 22 heavy (non-hydrogen) atoms. The van der Waals surface area contributed by atoms with Crippen molar-refractivity contribution in [1.29, 1.82) is 0 Å². The topological polar surface area (TPSA) is 80.1 Å². The maximum atomic E-state index is 12.5. The van der Waals surface area contributed by atoms with Crippen molar-refractivity contribution in [3.05, 3.63) is 11.9 Å². The molecule has 2 saturated heterocycles. The molecule has 2 unspecified atom stereocenters. The van der Waals surface area contributed by atoms with Gasteiger partial charge in [-0.25, -0.2) is 4.68 Å². The van der Waals surface area contributed by atoms with E-state index in [-0.39, 0.29) is 23.8 Å². The van der Waals surface area contributed by atoms with Crippen LogP contribution in [0.1, 0.15) is 49.8 Å². The third-order valence-corrected chi connectivity index (χ3v) is 4.99. The van der Waals surface area contributed by atoms with Gasteiger partial charge in [-0.15, -0.1) is 5.10 Å². The maximum absolute atomic E-state index is 12.5. The fourth-order valence-electron chi connectivity index (χ4n) is 3.39. The first kappa shape index (κ1) is 13.7. The number of carbonyl (C=O) groups excluding carboxylic acids is 2. The highest BCUT2D eigenvalue weighted by Crippen LogP contribution is 2.39. The first-order valence-electron chi connectivity index (χ1n) is 8.18. The van der Waals surface area contributed by atoms with E-state index in [9.17, 15) is 9.59 Å². The van der Waals surface area contributed by atoms with E-state index in [1.54, 1.807) is 0 Å². The molecule has 0 spiro atoms. The highest BCUT2D eigenvalue weighted by atomic mass is 16.2. The van der Waals surface area contributed by atoms with E-state index in [1.165, 1.54) is 12.8 Å². The summed E-state index contributed by atoms with van der Waals surface area (Å²) in [5, 5.41) is 11.3. The molecule has 2 aliphatic heterocycles. The second kappa shape index (κ2) is 5.37. The number of carbonyl (C=O) groups is 2. The number of piperidine rings is 1. The van der Waals surface area contributed by atoms with Gasteiger partial charge >= 0.3 is 0 Å². The molecule has 3 fully saturated rings. The van der Waals surface area contributed by atoms with Gasteiger partial charge in [-0.3, -0.25) is 9.59 Å². The lowest BCUT2D eigenvalue weighted by molar-refractivity contribution is -0.136. The van der Waals surface area contributed by atoms with Crippen molar-refractivity contribution in [1.82, 2.24) is 25.2 Å². The van der Waals surface area contributed by atoms with Gasteiger partial charge in [0.1, 0.15) is 0 Å². The molecular weight excluding hydrogens is 282 g/mol. The van der Waals surface area contributed by atoms with E-state index >= 15 is 0 Å². The summed E-state index contributed by atoms with van der Waals surface area (Å²) >= 11 is 0. The normalized spacial score (nSPS) is 28.7. The molecule has 2 atom stereocenters. The van der Waals surface area contributed by atoms with Crippen LogP contribution in [0.15, 0.2) is 6.20 Å². The second-order valence-corrected chi connectivity index (χ2v) is 6.66. The van der Waals surface area contributed by atoms with Crippen molar-refractivity contribution in [3.8, 4) is 0 Å². The molecule has 3 aliphatic rings. The number of rotatable bonds is 3. The summed E-state index contributed by atoms with van der Waals surface area (Å²) in [4.78, 5) is 25.7. The summed E-state index contributed by atoms with van der Waals surface area (Å²) < 4.78 is 1.93. The van der Waals surface area contributed by atoms with Crippen LogP contribution < -0.4 is 5.32 Å². The quantitative estimate of drug-likeness (QED) is 0.879. The minimum atomic E-state index is -0.0609. The Labute approximate surface area is 129 Å². The predicted molar refractivity (Wildman–Crippen MR) is 78.0 cm³/mol. The minimum absolute atomic E-state index is 0.0542. The molecule has 1 aliphatic carbocycles. The average Bonchev–Trinajstić information content (AvgIpc) is 3.07. The zero-order valence-corrected chi connectivity index (χ0v) is 12.6. The van der Waals surface area contributed by atoms with Gasteiger partial charge in [0.05, 0.1) is 17.7 Å². The third-order valence-electron chi connectivity index (χ3n) is 4.99. The van der Waals surface area contributed by atoms with Crippen LogP contribution in [-0.2, 0) is 9.59 Å². The van der Waals surface area contributed by atoms with E-state index in [4.69, 9.17) is 0 Å². The molecule has 7 nitrogen and oxygen atoms in total. The predicted octanol–water partition coefficient (Wildman–Crippen LogP) is 0.455. The van der Waals surface area contributed by atoms with Crippen LogP contribution in [0.3, 0.4) is 0 Å². The minimum Gasteiger partial charge on any atom is -0.355 e. The summed E-state index contributed by atoms with van der Waals surface area (Å²) in [5.74, 6) is 0.775. The molecule has 1 saturated carbocycles. The van der Waals surface area contributed by atoms with Crippen LogP contribution in [0.5, 0.6) is 0 Å². The van der Waals surface area contributed by atoms with Crippen LogP contribution in [0, 0.1) is 5.92 Å². The summed E-state index contributed by atoms with van der Waals surface area (Å²) in [6.07, 6.45) is 6.56. The molecule has 1 aromatic rings. The van der Waals surface area contributed by atoms with E-state index in [1.807, 2.05) is 9.58 Å². The van der Waals surface area contributed by atoms with Crippen molar-refractivity contribution in [2.24, 2.45) is 5.92 Å². The molecule has 0 radical (unpaired) electrons. The second-order valence-electron chi connectivity index (χ2n) is 6.66. The van der Waals surface area contributed by atoms with E-state index in [0.29, 0.717) is 31.8 Å². The third kappa shape index (κ3) is 2.60. The first-order valence-corrected chi connectivity index (χ1v) is 8.18. The Morgan fingerprint density at radius 2 is 2.14 bits per heavy atom. The Bertz CT molecular complexity index is 585. The SMILES string of the molecule is O=C1CCC(C(=O)N2CCC(n3cc(C4CC4)nn3)C2)CN1. The molecule has 7 heteroatoms. The van der Waals surface area contributed by atoms with E-state index in [2.05, 4.69) is 21.8 Å². The molecular formula is C15H21N5O2. The Hall–Kier alpha value is -1.92. The Morgan fingerprint density at radius 1 is 1.27 bits per heavy atom. The zero-order chi connectivity index (χ0) is 15.1. The lowest BCUT2D eigenvalue weighted by atomic mass is 9.98. The zero-order valence-electron chi connectivity index (χ0n) is 12.6. The summed E-state index contributed by atoms with van der Waals surface area (Å²) in [6, 6.07) is 0.238. The monoisotopic (exact) mass is 303 g/mol. The van der Waals surface area contributed by atoms with Crippen molar-refractivity contribution in [3.63, 3.8) is 0 Å². The average molecular weight is 303 g/mol. The molecule has 0 aromatic carbocycles. The number of nitrogens with one attached hydrogen (secondary N) is 1. The standard InChI is InChI=1S/C15H21N5O2/c21-14-4-3-11(7-16-14)15(22)19-6-5-12(8-19)20-9-13(17-18-20)10-1-2-10/h9-12H,1-8H2,(H,16,21). The Morgan fingerprint density at radius 3 is 2.86 bits per heavy atom. The number of hydrogen-bond donors (Lipinski definition) is 1. The number of hydrogen-bond acceptors (Lipinski definition) is 4. The van der Waals surface area contributed by atoms with Gasteiger partial charge in [0, 0.05) is 38.2 Å². The number of amides is 2. The number of nitrogens with zero attached hydrogens (tertiary/aromatic N) is 4. The van der Waals surface area contributed by atoms with Gasteiger partial charge in [0.15, 0.2) is 0 Å². The largest absolute Gasteiger partial charge is 0.355 e. The van der Waals surface area contributed by atoms with E-state index in [0.717, 1.165) is 18.7 Å². The molecule has 4 rings (SSSR count). The van der Waals surface area contributed by atoms with Crippen LogP contribution >= 0.6 is 0 Å². The lowest BCUT2D eigenvalue weighted by Crippen LogP contribution is -2.44. The molecule has 1 N–H and O–H groups in total. The molecule has 118 valence electrons. The number of aromatic nitrogens is 3. The fourth-order valence-corrected chi connectivity index (χ4v) is 3.39. The van der Waals surface area contributed by atoms with Crippen LogP contribution in [-0.4, -0.2) is 51.3 Å². The highest BCUT2D eigenvalue weighted by Gasteiger charge is 2.34. The Kier molecular flexibility index (Phi) is 3.35. The van der Waals surface area contributed by atoms with Crippen molar-refractivity contribution in [2.45, 2.75) is 44.1 Å². The maximum Gasteiger partial charge on any atom is 0.227 e. The summed E-state index contributed by atoms with van der Waals surface area (Å²) in [6.45, 7) is 1.96. The van der Waals surface area contributed by atoms with Crippen LogP contribution in [0.25, 0.3) is 0 Å². The molecule has 1 aromatic heterocycles. The molecule has 3 heterocycles. The summed E-state index contributed by atoms with van der Waals surface area (Å²) in [5.41, 5.74) is 1.10. The molecule has 2 amide bonds. The van der Waals surface area contributed by atoms with E-state index < -0.39 is 0 Å². The Balaban J connectivity index is 1.36.